The van der Waals surface area contributed by atoms with Crippen LogP contribution in [0.2, 0.25) is 0 Å². The number of carbonyl (C=O) groups excluding carboxylic acids is 2. The van der Waals surface area contributed by atoms with Crippen LogP contribution in [0.4, 0.5) is 4.79 Å². The van der Waals surface area contributed by atoms with Crippen molar-refractivity contribution in [1.29, 1.82) is 0 Å². The van der Waals surface area contributed by atoms with Gasteiger partial charge >= 0.3 is 6.03 Å². The van der Waals surface area contributed by atoms with E-state index in [9.17, 15) is 9.59 Å². The highest BCUT2D eigenvalue weighted by molar-refractivity contribution is 5.79. The summed E-state index contributed by atoms with van der Waals surface area (Å²) in [5.41, 5.74) is 1.66. The lowest BCUT2D eigenvalue weighted by Crippen LogP contribution is -2.47. The maximum atomic E-state index is 13.0. The van der Waals surface area contributed by atoms with Crippen LogP contribution in [0.25, 0.3) is 0 Å². The van der Waals surface area contributed by atoms with Gasteiger partial charge in [0.1, 0.15) is 0 Å². The Morgan fingerprint density at radius 3 is 2.53 bits per heavy atom. The van der Waals surface area contributed by atoms with Crippen LogP contribution in [-0.2, 0) is 11.2 Å². The van der Waals surface area contributed by atoms with Crippen molar-refractivity contribution in [3.8, 4) is 0 Å². The van der Waals surface area contributed by atoms with E-state index in [0.717, 1.165) is 19.3 Å². The van der Waals surface area contributed by atoms with Crippen molar-refractivity contribution >= 4 is 11.9 Å². The first-order valence-electron chi connectivity index (χ1n) is 12.4. The maximum Gasteiger partial charge on any atom is 0.317 e. The predicted octanol–water partition coefficient (Wildman–Crippen LogP) is 5.37. The van der Waals surface area contributed by atoms with Crippen LogP contribution < -0.4 is 5.32 Å². The molecule has 1 aromatic carbocycles. The van der Waals surface area contributed by atoms with Gasteiger partial charge in [0, 0.05) is 31.8 Å². The summed E-state index contributed by atoms with van der Waals surface area (Å²) >= 11 is 0. The van der Waals surface area contributed by atoms with Gasteiger partial charge in [-0.15, -0.1) is 0 Å². The molecule has 0 aromatic heterocycles. The van der Waals surface area contributed by atoms with E-state index < -0.39 is 0 Å². The highest BCUT2D eigenvalue weighted by Gasteiger charge is 2.53. The summed E-state index contributed by atoms with van der Waals surface area (Å²) in [6.07, 6.45) is 12.8. The average Bonchev–Trinajstić information content (AvgIpc) is 3.49. The van der Waals surface area contributed by atoms with Gasteiger partial charge in [-0.1, -0.05) is 63.9 Å². The zero-order valence-corrected chi connectivity index (χ0v) is 20.3. The Morgan fingerprint density at radius 2 is 1.91 bits per heavy atom. The molecular weight excluding hydrogens is 398 g/mol. The number of likely N-dealkylation sites (N-methyl/N-ethyl adjacent to an activating group) is 1. The van der Waals surface area contributed by atoms with Gasteiger partial charge in [-0.05, 0) is 55.6 Å². The third-order valence-electron chi connectivity index (χ3n) is 7.25. The number of rotatable bonds is 10. The van der Waals surface area contributed by atoms with Gasteiger partial charge in [-0.3, -0.25) is 4.79 Å². The normalized spacial score (nSPS) is 24.5. The number of hydrogen-bond acceptors (Lipinski definition) is 2. The molecular formula is C27H41N3O2. The van der Waals surface area contributed by atoms with Crippen molar-refractivity contribution in [2.24, 2.45) is 11.3 Å². The Kier molecular flexibility index (Phi) is 8.38. The van der Waals surface area contributed by atoms with Gasteiger partial charge in [0.2, 0.25) is 5.91 Å². The van der Waals surface area contributed by atoms with Gasteiger partial charge in [0.25, 0.3) is 0 Å². The molecule has 0 bridgehead atoms. The summed E-state index contributed by atoms with van der Waals surface area (Å²) in [5, 5.41) is 3.32. The Morgan fingerprint density at radius 1 is 1.19 bits per heavy atom. The summed E-state index contributed by atoms with van der Waals surface area (Å²) < 4.78 is 0. The first-order valence-corrected chi connectivity index (χ1v) is 12.4. The highest BCUT2D eigenvalue weighted by Crippen LogP contribution is 2.54. The molecule has 3 rings (SSSR count). The van der Waals surface area contributed by atoms with Gasteiger partial charge in [-0.25, -0.2) is 4.79 Å². The second kappa shape index (κ2) is 11.0. The second-order valence-electron chi connectivity index (χ2n) is 10.0. The first-order chi connectivity index (χ1) is 15.4. The Bertz CT molecular complexity index is 791. The lowest BCUT2D eigenvalue weighted by molar-refractivity contribution is -0.132. The molecule has 1 fully saturated rings. The van der Waals surface area contributed by atoms with E-state index in [2.05, 4.69) is 42.6 Å². The monoisotopic (exact) mass is 439 g/mol. The maximum absolute atomic E-state index is 13.0. The molecule has 1 aliphatic carbocycles. The molecule has 0 radical (unpaired) electrons. The van der Waals surface area contributed by atoms with Crippen LogP contribution in [0.3, 0.4) is 0 Å². The van der Waals surface area contributed by atoms with E-state index in [1.54, 1.807) is 9.80 Å². The molecule has 176 valence electrons. The molecule has 0 saturated heterocycles. The molecule has 2 aliphatic rings. The van der Waals surface area contributed by atoms with Gasteiger partial charge in [0.05, 0.1) is 6.04 Å². The van der Waals surface area contributed by atoms with Crippen molar-refractivity contribution in [2.45, 2.75) is 84.2 Å². The number of urea groups is 1. The van der Waals surface area contributed by atoms with Crippen LogP contribution in [-0.4, -0.2) is 47.4 Å². The molecule has 1 N–H and O–H groups in total. The van der Waals surface area contributed by atoms with Crippen LogP contribution in [0.1, 0.15) is 71.3 Å². The molecule has 1 saturated carbocycles. The molecule has 2 unspecified atom stereocenters. The Hall–Kier alpha value is -2.30. The summed E-state index contributed by atoms with van der Waals surface area (Å²) in [7, 11) is 1.87. The fraction of sp³-hybridized carbons (Fsp3) is 0.630. The number of benzene rings is 1. The van der Waals surface area contributed by atoms with Crippen molar-refractivity contribution in [2.75, 3.05) is 13.6 Å². The van der Waals surface area contributed by atoms with Crippen LogP contribution >= 0.6 is 0 Å². The minimum Gasteiger partial charge on any atom is -0.335 e. The molecule has 3 amide bonds. The summed E-state index contributed by atoms with van der Waals surface area (Å²) in [4.78, 5) is 28.7. The average molecular weight is 440 g/mol. The van der Waals surface area contributed by atoms with E-state index in [0.29, 0.717) is 6.54 Å². The van der Waals surface area contributed by atoms with Gasteiger partial charge < -0.3 is 15.1 Å². The topological polar surface area (TPSA) is 52.7 Å². The van der Waals surface area contributed by atoms with E-state index in [-0.39, 0.29) is 35.4 Å². The number of nitrogens with one attached hydrogen (secondary N) is 1. The third-order valence-corrected chi connectivity index (χ3v) is 7.25. The standard InChI is InChI=1S/C27H41N3O2/c1-5-6-16-27(17-10-13-22-11-8-7-9-12-22)20-24(27)28-26(32)29(4)23-14-18-30(19-15-23)25(31)21(2)3/h7-9,11-12,14,18,21,23-24H,5-6,10,13,15-17,19-20H2,1-4H3,(H,28,32)/t23?,24-,27?/m0/s1. The SMILES string of the molecule is CCCCC1(CCCc2ccccc2)C[C@@H]1NC(=O)N(C)C1C=CN(C(=O)C(C)C)CC1. The number of hydrogen-bond donors (Lipinski definition) is 1. The molecule has 0 spiro atoms. The molecule has 5 nitrogen and oxygen atoms in total. The van der Waals surface area contributed by atoms with Crippen molar-refractivity contribution in [3.05, 3.63) is 48.2 Å². The quantitative estimate of drug-likeness (QED) is 0.533. The number of carbonyl (C=O) groups is 2. The lowest BCUT2D eigenvalue weighted by atomic mass is 9.91. The van der Waals surface area contributed by atoms with E-state index >= 15 is 0 Å². The fourth-order valence-electron chi connectivity index (χ4n) is 4.93. The van der Waals surface area contributed by atoms with Crippen LogP contribution in [0.15, 0.2) is 42.6 Å². The zero-order chi connectivity index (χ0) is 23.1. The van der Waals surface area contributed by atoms with Crippen LogP contribution in [0.5, 0.6) is 0 Å². The Balaban J connectivity index is 1.50. The van der Waals surface area contributed by atoms with Crippen molar-refractivity contribution < 1.29 is 9.59 Å². The minimum atomic E-state index is -0.00905. The number of aryl methyl sites for hydroxylation is 1. The van der Waals surface area contributed by atoms with E-state index in [1.165, 1.54) is 37.7 Å². The number of amides is 3. The van der Waals surface area contributed by atoms with Crippen molar-refractivity contribution in [1.82, 2.24) is 15.1 Å². The number of unbranched alkanes of at least 4 members (excludes halogenated alkanes) is 1. The van der Waals surface area contributed by atoms with Gasteiger partial charge in [-0.2, -0.15) is 0 Å². The lowest BCUT2D eigenvalue weighted by Gasteiger charge is -2.33. The first kappa shape index (κ1) is 24.3. The Labute approximate surface area is 194 Å². The fourth-order valence-corrected chi connectivity index (χ4v) is 4.93. The molecule has 1 heterocycles. The molecule has 3 atom stereocenters. The van der Waals surface area contributed by atoms with E-state index in [4.69, 9.17) is 0 Å². The molecule has 1 aliphatic heterocycles. The molecule has 32 heavy (non-hydrogen) atoms. The second-order valence-corrected chi connectivity index (χ2v) is 10.0. The largest absolute Gasteiger partial charge is 0.335 e. The summed E-state index contributed by atoms with van der Waals surface area (Å²) in [6.45, 7) is 6.74. The third kappa shape index (κ3) is 6.14. The summed E-state index contributed by atoms with van der Waals surface area (Å²) in [5.74, 6) is 0.131. The van der Waals surface area contributed by atoms with Crippen molar-refractivity contribution in [3.63, 3.8) is 0 Å². The predicted molar refractivity (Wildman–Crippen MR) is 130 cm³/mol. The number of nitrogens with zero attached hydrogens (tertiary/aromatic N) is 2. The minimum absolute atomic E-state index is 0.00900. The van der Waals surface area contributed by atoms with Crippen LogP contribution in [0, 0.1) is 11.3 Å². The summed E-state index contributed by atoms with van der Waals surface area (Å²) in [6, 6.07) is 11.0. The smallest absolute Gasteiger partial charge is 0.317 e. The zero-order valence-electron chi connectivity index (χ0n) is 20.3. The molecule has 1 aromatic rings. The van der Waals surface area contributed by atoms with Gasteiger partial charge in [0.15, 0.2) is 0 Å². The molecule has 5 heteroatoms. The van der Waals surface area contributed by atoms with E-state index in [1.807, 2.05) is 33.2 Å². The highest BCUT2D eigenvalue weighted by atomic mass is 16.2.